The Morgan fingerprint density at radius 1 is 1.18 bits per heavy atom. The van der Waals surface area contributed by atoms with Gasteiger partial charge >= 0.3 is 5.97 Å². The maximum atomic E-state index is 12.4. The Kier molecular flexibility index (Phi) is 4.85. The normalized spacial score (nSPS) is 36.0. The van der Waals surface area contributed by atoms with Crippen LogP contribution in [0.5, 0.6) is 0 Å². The molecule has 0 aromatic rings. The van der Waals surface area contributed by atoms with E-state index in [-0.39, 0.29) is 22.5 Å². The van der Waals surface area contributed by atoms with Gasteiger partial charge in [-0.3, -0.25) is 4.79 Å². The van der Waals surface area contributed by atoms with Crippen molar-refractivity contribution in [2.45, 2.75) is 83.5 Å². The average molecular weight is 327 g/mol. The van der Waals surface area contributed by atoms with Gasteiger partial charge in [-0.05, 0) is 42.8 Å². The molecule has 1 unspecified atom stereocenters. The molecule has 22 heavy (non-hydrogen) atoms. The van der Waals surface area contributed by atoms with Crippen LogP contribution < -0.4 is 0 Å². The van der Waals surface area contributed by atoms with E-state index in [4.69, 9.17) is 9.16 Å². The first-order valence-electron chi connectivity index (χ1n) is 8.85. The number of ether oxygens (including phenoxy) is 1. The number of fused-ring (bicyclic) bond motifs is 1. The molecule has 0 saturated heterocycles. The van der Waals surface area contributed by atoms with Crippen molar-refractivity contribution in [3.05, 3.63) is 0 Å². The maximum Gasteiger partial charge on any atom is 0.311 e. The molecule has 128 valence electrons. The predicted octanol–water partition coefficient (Wildman–Crippen LogP) is 4.77. The number of rotatable bonds is 3. The van der Waals surface area contributed by atoms with Crippen molar-refractivity contribution >= 4 is 14.3 Å². The van der Waals surface area contributed by atoms with Crippen LogP contribution in [0.2, 0.25) is 18.1 Å². The Bertz CT molecular complexity index is 427. The lowest BCUT2D eigenvalue weighted by Crippen LogP contribution is -2.69. The minimum Gasteiger partial charge on any atom is -0.469 e. The summed E-state index contributed by atoms with van der Waals surface area (Å²) in [4.78, 5) is 12.4. The lowest BCUT2D eigenvalue weighted by Gasteiger charge is -2.62. The first kappa shape index (κ1) is 18.0. The highest BCUT2D eigenvalue weighted by atomic mass is 28.4. The van der Waals surface area contributed by atoms with Gasteiger partial charge in [0.2, 0.25) is 0 Å². The number of hydrogen-bond acceptors (Lipinski definition) is 3. The van der Waals surface area contributed by atoms with Crippen LogP contribution in [0, 0.1) is 17.8 Å². The summed E-state index contributed by atoms with van der Waals surface area (Å²) in [5.74, 6) is 0.766. The molecule has 2 rings (SSSR count). The van der Waals surface area contributed by atoms with Crippen molar-refractivity contribution in [1.82, 2.24) is 0 Å². The predicted molar refractivity (Wildman–Crippen MR) is 92.3 cm³/mol. The molecule has 0 radical (unpaired) electrons. The second-order valence-electron chi connectivity index (χ2n) is 8.88. The van der Waals surface area contributed by atoms with Gasteiger partial charge < -0.3 is 9.16 Å². The summed E-state index contributed by atoms with van der Waals surface area (Å²) in [6, 6.07) is 0. The molecule has 2 aliphatic rings. The largest absolute Gasteiger partial charge is 0.469 e. The van der Waals surface area contributed by atoms with E-state index < -0.39 is 8.32 Å². The minimum atomic E-state index is -1.92. The van der Waals surface area contributed by atoms with E-state index in [1.165, 1.54) is 32.8 Å². The molecule has 0 bridgehead atoms. The van der Waals surface area contributed by atoms with Gasteiger partial charge in [-0.2, -0.15) is 0 Å². The number of esters is 1. The second-order valence-corrected chi connectivity index (χ2v) is 13.6. The monoisotopic (exact) mass is 326 g/mol. The average Bonchev–Trinajstić information content (AvgIpc) is 2.56. The molecule has 0 aliphatic heterocycles. The van der Waals surface area contributed by atoms with Gasteiger partial charge in [0.1, 0.15) is 0 Å². The zero-order valence-corrected chi connectivity index (χ0v) is 16.5. The Balaban J connectivity index is 2.36. The Morgan fingerprint density at radius 2 is 1.82 bits per heavy atom. The molecule has 2 aliphatic carbocycles. The van der Waals surface area contributed by atoms with E-state index in [1.807, 2.05) is 0 Å². The molecule has 0 amide bonds. The number of carbonyl (C=O) groups excluding carboxylic acids is 1. The van der Waals surface area contributed by atoms with Crippen molar-refractivity contribution in [1.29, 1.82) is 0 Å². The van der Waals surface area contributed by atoms with Crippen LogP contribution >= 0.6 is 0 Å². The van der Waals surface area contributed by atoms with E-state index in [2.05, 4.69) is 40.8 Å². The van der Waals surface area contributed by atoms with Gasteiger partial charge in [0.15, 0.2) is 8.32 Å². The highest BCUT2D eigenvalue weighted by Crippen LogP contribution is 2.60. The molecule has 0 aromatic heterocycles. The number of hydrogen-bond donors (Lipinski definition) is 0. The maximum absolute atomic E-state index is 12.4. The molecule has 4 atom stereocenters. The summed E-state index contributed by atoms with van der Waals surface area (Å²) >= 11 is 0. The first-order valence-corrected chi connectivity index (χ1v) is 11.8. The fourth-order valence-electron chi connectivity index (χ4n) is 4.38. The van der Waals surface area contributed by atoms with E-state index in [0.717, 1.165) is 6.42 Å². The first-order chi connectivity index (χ1) is 10.1. The minimum absolute atomic E-state index is 0.0654. The summed E-state index contributed by atoms with van der Waals surface area (Å²) in [6.45, 7) is 13.7. The van der Waals surface area contributed by atoms with Crippen molar-refractivity contribution in [2.24, 2.45) is 17.8 Å². The molecular weight excluding hydrogens is 292 g/mol. The molecule has 0 spiro atoms. The fourth-order valence-corrected chi connectivity index (χ4v) is 6.02. The molecule has 0 N–H and O–H groups in total. The standard InChI is InChI=1S/C18H34O3Si/c1-13-14-11-9-8-10-12-18(14,15(13)16(19)20-5)21-22(6,7)17(2,3)4/h13-15H,8-12H2,1-7H3/t13-,14+,15?,18+/m1/s1. The van der Waals surface area contributed by atoms with Crippen LogP contribution in [0.4, 0.5) is 0 Å². The SMILES string of the molecule is COC(=O)C1[C@H](C)[C@@H]2CCCCC[C@@]12O[Si](C)(C)C(C)(C)C. The highest BCUT2D eigenvalue weighted by Gasteiger charge is 2.66. The van der Waals surface area contributed by atoms with Gasteiger partial charge in [-0.25, -0.2) is 0 Å². The molecule has 0 aromatic carbocycles. The molecular formula is C18H34O3Si. The Morgan fingerprint density at radius 3 is 2.36 bits per heavy atom. The summed E-state index contributed by atoms with van der Waals surface area (Å²) in [6.07, 6.45) is 5.92. The van der Waals surface area contributed by atoms with Crippen LogP contribution in [-0.4, -0.2) is 27.0 Å². The van der Waals surface area contributed by atoms with Crippen molar-refractivity contribution in [2.75, 3.05) is 7.11 Å². The van der Waals surface area contributed by atoms with Crippen LogP contribution in [0.1, 0.15) is 59.8 Å². The third kappa shape index (κ3) is 2.77. The zero-order chi connectivity index (χ0) is 16.8. The van der Waals surface area contributed by atoms with Gasteiger partial charge in [0.05, 0.1) is 18.6 Å². The van der Waals surface area contributed by atoms with E-state index in [0.29, 0.717) is 11.8 Å². The zero-order valence-electron chi connectivity index (χ0n) is 15.5. The Hall–Kier alpha value is -0.353. The smallest absolute Gasteiger partial charge is 0.311 e. The Labute approximate surface area is 137 Å². The molecule has 2 saturated carbocycles. The third-order valence-electron chi connectivity index (χ3n) is 6.60. The summed E-state index contributed by atoms with van der Waals surface area (Å²) in [5, 5.41) is 0.165. The molecule has 0 heterocycles. The van der Waals surface area contributed by atoms with Crippen LogP contribution in [0.25, 0.3) is 0 Å². The summed E-state index contributed by atoms with van der Waals surface area (Å²) in [7, 11) is -0.402. The topological polar surface area (TPSA) is 35.5 Å². The van der Waals surface area contributed by atoms with E-state index in [9.17, 15) is 4.79 Å². The quantitative estimate of drug-likeness (QED) is 0.554. The van der Waals surface area contributed by atoms with Crippen molar-refractivity contribution < 1.29 is 14.0 Å². The summed E-state index contributed by atoms with van der Waals surface area (Å²) in [5.41, 5.74) is -0.258. The van der Waals surface area contributed by atoms with E-state index in [1.54, 1.807) is 0 Å². The molecule has 4 heteroatoms. The fraction of sp³-hybridized carbons (Fsp3) is 0.944. The second kappa shape index (κ2) is 5.93. The molecule has 2 fully saturated rings. The summed E-state index contributed by atoms with van der Waals surface area (Å²) < 4.78 is 12.1. The highest BCUT2D eigenvalue weighted by molar-refractivity contribution is 6.74. The van der Waals surface area contributed by atoms with Crippen LogP contribution in [0.15, 0.2) is 0 Å². The lowest BCUT2D eigenvalue weighted by atomic mass is 9.52. The lowest BCUT2D eigenvalue weighted by molar-refractivity contribution is -0.206. The molecule has 3 nitrogen and oxygen atoms in total. The van der Waals surface area contributed by atoms with Crippen molar-refractivity contribution in [3.8, 4) is 0 Å². The van der Waals surface area contributed by atoms with Gasteiger partial charge in [-0.15, -0.1) is 0 Å². The van der Waals surface area contributed by atoms with E-state index >= 15 is 0 Å². The van der Waals surface area contributed by atoms with Gasteiger partial charge in [0, 0.05) is 0 Å². The van der Waals surface area contributed by atoms with Gasteiger partial charge in [0.25, 0.3) is 0 Å². The van der Waals surface area contributed by atoms with Gasteiger partial charge in [-0.1, -0.05) is 47.0 Å². The third-order valence-corrected chi connectivity index (χ3v) is 11.1. The number of methoxy groups -OCH3 is 1. The van der Waals surface area contributed by atoms with Crippen LogP contribution in [0.3, 0.4) is 0 Å². The number of carbonyl (C=O) groups is 1. The van der Waals surface area contributed by atoms with Crippen molar-refractivity contribution in [3.63, 3.8) is 0 Å². The van der Waals surface area contributed by atoms with Crippen LogP contribution in [-0.2, 0) is 14.0 Å².